The summed E-state index contributed by atoms with van der Waals surface area (Å²) < 4.78 is 0. The summed E-state index contributed by atoms with van der Waals surface area (Å²) in [5.41, 5.74) is 3.61. The van der Waals surface area contributed by atoms with Gasteiger partial charge in [0.2, 0.25) is 0 Å². The van der Waals surface area contributed by atoms with E-state index in [9.17, 15) is 0 Å². The van der Waals surface area contributed by atoms with Crippen LogP contribution in [0, 0.1) is 6.92 Å². The smallest absolute Gasteiger partial charge is 0.192 e. The van der Waals surface area contributed by atoms with Gasteiger partial charge in [-0.05, 0) is 31.9 Å². The molecule has 0 radical (unpaired) electrons. The van der Waals surface area contributed by atoms with Gasteiger partial charge in [0, 0.05) is 17.8 Å². The van der Waals surface area contributed by atoms with E-state index in [1.807, 2.05) is 0 Å². The van der Waals surface area contributed by atoms with Gasteiger partial charge in [0.15, 0.2) is 5.96 Å². The Hall–Kier alpha value is -1.88. The number of thiazole rings is 1. The van der Waals surface area contributed by atoms with Gasteiger partial charge in [0.1, 0.15) is 0 Å². The van der Waals surface area contributed by atoms with E-state index in [1.54, 1.807) is 11.3 Å². The number of rotatable bonds is 6. The molecule has 1 unspecified atom stereocenters. The highest BCUT2D eigenvalue weighted by molar-refractivity contribution is 7.09. The SMILES string of the molecule is CCNC(=NCc1csc(C(C)C)n1)NC(C)c1ccccc1C. The van der Waals surface area contributed by atoms with E-state index >= 15 is 0 Å². The first-order valence-electron chi connectivity index (χ1n) is 8.56. The molecule has 4 nitrogen and oxygen atoms in total. The molecule has 0 aliphatic carbocycles. The van der Waals surface area contributed by atoms with Gasteiger partial charge in [-0.2, -0.15) is 0 Å². The number of hydrogen-bond acceptors (Lipinski definition) is 3. The molecule has 2 N–H and O–H groups in total. The first kappa shape index (κ1) is 18.5. The molecule has 0 amide bonds. The summed E-state index contributed by atoms with van der Waals surface area (Å²) in [6.07, 6.45) is 0. The molecule has 0 aliphatic heterocycles. The number of hydrogen-bond donors (Lipinski definition) is 2. The van der Waals surface area contributed by atoms with Gasteiger partial charge in [-0.1, -0.05) is 38.1 Å². The van der Waals surface area contributed by atoms with Gasteiger partial charge in [-0.25, -0.2) is 9.98 Å². The Labute approximate surface area is 149 Å². The average Bonchev–Trinajstić information content (AvgIpc) is 3.02. The van der Waals surface area contributed by atoms with Crippen LogP contribution in [0.2, 0.25) is 0 Å². The van der Waals surface area contributed by atoms with Crippen molar-refractivity contribution in [3.8, 4) is 0 Å². The first-order chi connectivity index (χ1) is 11.5. The molecule has 5 heteroatoms. The second-order valence-corrected chi connectivity index (χ2v) is 7.14. The Morgan fingerprint density at radius 3 is 2.62 bits per heavy atom. The van der Waals surface area contributed by atoms with Crippen molar-refractivity contribution in [2.75, 3.05) is 6.54 Å². The van der Waals surface area contributed by atoms with Crippen molar-refractivity contribution in [2.45, 2.75) is 53.1 Å². The van der Waals surface area contributed by atoms with Crippen molar-refractivity contribution in [3.05, 3.63) is 51.5 Å². The van der Waals surface area contributed by atoms with E-state index in [4.69, 9.17) is 4.99 Å². The molecule has 0 saturated carbocycles. The monoisotopic (exact) mass is 344 g/mol. The average molecular weight is 345 g/mol. The fraction of sp³-hybridized carbons (Fsp3) is 0.474. The molecule has 0 saturated heterocycles. The van der Waals surface area contributed by atoms with E-state index in [0.717, 1.165) is 18.2 Å². The highest BCUT2D eigenvalue weighted by Crippen LogP contribution is 2.20. The molecular formula is C19H28N4S. The van der Waals surface area contributed by atoms with Crippen LogP contribution in [0.4, 0.5) is 0 Å². The Balaban J connectivity index is 2.06. The summed E-state index contributed by atoms with van der Waals surface area (Å²) in [6, 6.07) is 8.64. The maximum atomic E-state index is 4.69. The van der Waals surface area contributed by atoms with Crippen molar-refractivity contribution in [1.29, 1.82) is 0 Å². The third-order valence-electron chi connectivity index (χ3n) is 3.81. The lowest BCUT2D eigenvalue weighted by Crippen LogP contribution is -2.38. The molecule has 1 heterocycles. The Morgan fingerprint density at radius 1 is 1.25 bits per heavy atom. The molecule has 24 heavy (non-hydrogen) atoms. The second kappa shape index (κ2) is 8.83. The molecule has 2 aromatic rings. The van der Waals surface area contributed by atoms with E-state index < -0.39 is 0 Å². The van der Waals surface area contributed by atoms with Crippen LogP contribution in [-0.4, -0.2) is 17.5 Å². The number of guanidine groups is 1. The summed E-state index contributed by atoms with van der Waals surface area (Å²) in [4.78, 5) is 9.34. The zero-order valence-electron chi connectivity index (χ0n) is 15.3. The fourth-order valence-electron chi connectivity index (χ4n) is 2.50. The molecule has 1 aromatic heterocycles. The van der Waals surface area contributed by atoms with Crippen LogP contribution in [0.3, 0.4) is 0 Å². The molecule has 1 atom stereocenters. The zero-order chi connectivity index (χ0) is 17.5. The summed E-state index contributed by atoms with van der Waals surface area (Å²) in [6.45, 7) is 12.1. The maximum Gasteiger partial charge on any atom is 0.192 e. The maximum absolute atomic E-state index is 4.69. The van der Waals surface area contributed by atoms with Crippen LogP contribution >= 0.6 is 11.3 Å². The van der Waals surface area contributed by atoms with Crippen molar-refractivity contribution < 1.29 is 0 Å². The molecule has 0 aliphatic rings. The quantitative estimate of drug-likeness (QED) is 0.603. The van der Waals surface area contributed by atoms with Crippen LogP contribution in [0.1, 0.15) is 61.5 Å². The van der Waals surface area contributed by atoms with Gasteiger partial charge in [0.25, 0.3) is 0 Å². The predicted octanol–water partition coefficient (Wildman–Crippen LogP) is 4.39. The normalized spacial score (nSPS) is 13.2. The minimum atomic E-state index is 0.200. The molecule has 1 aromatic carbocycles. The van der Waals surface area contributed by atoms with Gasteiger partial charge in [-0.3, -0.25) is 0 Å². The standard InChI is InChI=1S/C19H28N4S/c1-6-20-19(21-11-16-12-24-18(23-16)13(2)3)22-15(5)17-10-8-7-9-14(17)4/h7-10,12-13,15H,6,11H2,1-5H3,(H2,20,21,22). The molecule has 0 fully saturated rings. The minimum Gasteiger partial charge on any atom is -0.357 e. The topological polar surface area (TPSA) is 49.3 Å². The van der Waals surface area contributed by atoms with Crippen molar-refractivity contribution >= 4 is 17.3 Å². The summed E-state index contributed by atoms with van der Waals surface area (Å²) in [5, 5.41) is 10.1. The van der Waals surface area contributed by atoms with Gasteiger partial charge in [0.05, 0.1) is 23.3 Å². The number of aliphatic imine (C=N–C) groups is 1. The van der Waals surface area contributed by atoms with E-state index in [-0.39, 0.29) is 6.04 Å². The van der Waals surface area contributed by atoms with Crippen molar-refractivity contribution in [1.82, 2.24) is 15.6 Å². The third kappa shape index (κ3) is 5.06. The minimum absolute atomic E-state index is 0.200. The highest BCUT2D eigenvalue weighted by Gasteiger charge is 2.10. The number of nitrogens with zero attached hydrogens (tertiary/aromatic N) is 2. The number of aromatic nitrogens is 1. The van der Waals surface area contributed by atoms with E-state index in [2.05, 4.69) is 79.9 Å². The van der Waals surface area contributed by atoms with E-state index in [0.29, 0.717) is 12.5 Å². The lowest BCUT2D eigenvalue weighted by atomic mass is 10.0. The van der Waals surface area contributed by atoms with E-state index in [1.165, 1.54) is 16.1 Å². The molecule has 0 bridgehead atoms. The summed E-state index contributed by atoms with van der Waals surface area (Å²) in [7, 11) is 0. The molecule has 2 rings (SSSR count). The predicted molar refractivity (Wildman–Crippen MR) is 104 cm³/mol. The Morgan fingerprint density at radius 2 is 2.00 bits per heavy atom. The number of benzene rings is 1. The largest absolute Gasteiger partial charge is 0.357 e. The van der Waals surface area contributed by atoms with Crippen LogP contribution in [0.5, 0.6) is 0 Å². The van der Waals surface area contributed by atoms with Crippen LogP contribution in [0.15, 0.2) is 34.6 Å². The first-order valence-corrected chi connectivity index (χ1v) is 9.43. The van der Waals surface area contributed by atoms with Crippen LogP contribution in [0.25, 0.3) is 0 Å². The third-order valence-corrected chi connectivity index (χ3v) is 5.01. The fourth-order valence-corrected chi connectivity index (χ4v) is 3.32. The van der Waals surface area contributed by atoms with Crippen molar-refractivity contribution in [3.63, 3.8) is 0 Å². The summed E-state index contributed by atoms with van der Waals surface area (Å²) in [5.74, 6) is 1.30. The summed E-state index contributed by atoms with van der Waals surface area (Å²) >= 11 is 1.71. The zero-order valence-corrected chi connectivity index (χ0v) is 16.1. The highest BCUT2D eigenvalue weighted by atomic mass is 32.1. The van der Waals surface area contributed by atoms with Crippen LogP contribution in [-0.2, 0) is 6.54 Å². The lowest BCUT2D eigenvalue weighted by molar-refractivity contribution is 0.681. The molecule has 0 spiro atoms. The van der Waals surface area contributed by atoms with Gasteiger partial charge in [-0.15, -0.1) is 11.3 Å². The number of nitrogens with one attached hydrogen (secondary N) is 2. The lowest BCUT2D eigenvalue weighted by Gasteiger charge is -2.19. The van der Waals surface area contributed by atoms with Gasteiger partial charge >= 0.3 is 0 Å². The second-order valence-electron chi connectivity index (χ2n) is 6.25. The Bertz CT molecular complexity index is 676. The van der Waals surface area contributed by atoms with Gasteiger partial charge < -0.3 is 10.6 Å². The molecular weight excluding hydrogens is 316 g/mol. The number of aryl methyl sites for hydroxylation is 1. The Kier molecular flexibility index (Phi) is 6.79. The molecule has 130 valence electrons. The van der Waals surface area contributed by atoms with Crippen LogP contribution < -0.4 is 10.6 Å². The van der Waals surface area contributed by atoms with Crippen molar-refractivity contribution in [2.24, 2.45) is 4.99 Å².